The smallest absolute Gasteiger partial charge is 0.249 e. The molecule has 0 spiro atoms. The topological polar surface area (TPSA) is 64.9 Å². The zero-order chi connectivity index (χ0) is 15.9. The first-order valence-corrected chi connectivity index (χ1v) is 7.62. The van der Waals surface area contributed by atoms with Gasteiger partial charge in [0.15, 0.2) is 0 Å². The van der Waals surface area contributed by atoms with Gasteiger partial charge in [0.25, 0.3) is 0 Å². The second-order valence-corrected chi connectivity index (χ2v) is 6.09. The lowest BCUT2D eigenvalue weighted by Crippen LogP contribution is -2.40. The molecule has 1 aromatic carbocycles. The molecule has 6 heteroatoms. The predicted molar refractivity (Wildman–Crippen MR) is 85.3 cm³/mol. The van der Waals surface area contributed by atoms with Gasteiger partial charge in [-0.3, -0.25) is 4.79 Å². The summed E-state index contributed by atoms with van der Waals surface area (Å²) in [5.74, 6) is -0.568. The van der Waals surface area contributed by atoms with Crippen molar-refractivity contribution in [3.8, 4) is 6.07 Å². The fourth-order valence-electron chi connectivity index (χ4n) is 2.93. The van der Waals surface area contributed by atoms with Crippen molar-refractivity contribution >= 4 is 29.1 Å². The fourth-order valence-corrected chi connectivity index (χ4v) is 3.24. The summed E-state index contributed by atoms with van der Waals surface area (Å²) in [6, 6.07) is 7.43. The highest BCUT2D eigenvalue weighted by Crippen LogP contribution is 2.40. The van der Waals surface area contributed by atoms with E-state index < -0.39 is 5.92 Å². The quantitative estimate of drug-likeness (QED) is 0.829. The third kappa shape index (κ3) is 2.37. The summed E-state index contributed by atoms with van der Waals surface area (Å²) in [7, 11) is 0. The van der Waals surface area contributed by atoms with E-state index in [9.17, 15) is 10.1 Å². The van der Waals surface area contributed by atoms with Gasteiger partial charge in [-0.1, -0.05) is 29.3 Å². The molecule has 1 amide bonds. The van der Waals surface area contributed by atoms with E-state index in [0.29, 0.717) is 27.7 Å². The zero-order valence-corrected chi connectivity index (χ0v) is 13.3. The van der Waals surface area contributed by atoms with Crippen LogP contribution in [-0.2, 0) is 4.79 Å². The van der Waals surface area contributed by atoms with Gasteiger partial charge >= 0.3 is 0 Å². The Kier molecular flexibility index (Phi) is 3.86. The van der Waals surface area contributed by atoms with Crippen LogP contribution in [0.15, 0.2) is 40.7 Å². The highest BCUT2D eigenvalue weighted by molar-refractivity contribution is 6.42. The maximum Gasteiger partial charge on any atom is 0.249 e. The second-order valence-electron chi connectivity index (χ2n) is 5.28. The summed E-state index contributed by atoms with van der Waals surface area (Å²) < 4.78 is 0. The molecule has 0 saturated heterocycles. The minimum Gasteiger partial charge on any atom is -0.361 e. The zero-order valence-electron chi connectivity index (χ0n) is 11.8. The number of amides is 1. The van der Waals surface area contributed by atoms with Crippen LogP contribution >= 0.6 is 23.2 Å². The monoisotopic (exact) mass is 333 g/mol. The summed E-state index contributed by atoms with van der Waals surface area (Å²) in [5, 5.41) is 16.4. The Morgan fingerprint density at radius 1 is 1.32 bits per heavy atom. The lowest BCUT2D eigenvalue weighted by Gasteiger charge is -2.33. The number of nitrogens with one attached hydrogen (secondary N) is 2. The van der Waals surface area contributed by atoms with E-state index in [1.54, 1.807) is 18.2 Å². The summed E-state index contributed by atoms with van der Waals surface area (Å²) in [6.07, 6.45) is 0.717. The van der Waals surface area contributed by atoms with Gasteiger partial charge in [-0.05, 0) is 24.6 Å². The molecule has 0 saturated carbocycles. The maximum absolute atomic E-state index is 12.3. The van der Waals surface area contributed by atoms with E-state index in [2.05, 4.69) is 16.7 Å². The Bertz CT molecular complexity index is 774. The third-order valence-corrected chi connectivity index (χ3v) is 4.69. The first-order valence-electron chi connectivity index (χ1n) is 6.87. The Morgan fingerprint density at radius 3 is 2.77 bits per heavy atom. The molecule has 0 radical (unpaired) electrons. The normalized spacial score (nSPS) is 21.0. The molecule has 0 aromatic heterocycles. The van der Waals surface area contributed by atoms with Crippen LogP contribution in [0, 0.1) is 11.3 Å². The Morgan fingerprint density at radius 2 is 2.09 bits per heavy atom. The highest BCUT2D eigenvalue weighted by atomic mass is 35.5. The largest absolute Gasteiger partial charge is 0.361 e. The first-order chi connectivity index (χ1) is 10.5. The van der Waals surface area contributed by atoms with Crippen LogP contribution in [0.1, 0.15) is 24.8 Å². The molecular formula is C16H13Cl2N3O. The van der Waals surface area contributed by atoms with Crippen LogP contribution in [0.3, 0.4) is 0 Å². The molecule has 0 bridgehead atoms. The molecule has 2 heterocycles. The number of benzene rings is 1. The number of nitrogens with zero attached hydrogens (tertiary/aromatic N) is 1. The lowest BCUT2D eigenvalue weighted by molar-refractivity contribution is -0.118. The van der Waals surface area contributed by atoms with Gasteiger partial charge in [-0.2, -0.15) is 5.26 Å². The number of dihydropyridines is 1. The first kappa shape index (κ1) is 15.0. The molecule has 1 aromatic rings. The number of rotatable bonds is 1. The summed E-state index contributed by atoms with van der Waals surface area (Å²) in [5.41, 5.74) is 3.54. The molecule has 3 rings (SSSR count). The number of carbonyl (C=O) groups excluding carboxylic acids is 1. The van der Waals surface area contributed by atoms with Crippen LogP contribution in [0.5, 0.6) is 0 Å². The Labute approximate surface area is 138 Å². The number of halogens is 2. The van der Waals surface area contributed by atoms with E-state index in [-0.39, 0.29) is 5.91 Å². The molecule has 0 aliphatic carbocycles. The van der Waals surface area contributed by atoms with Crippen LogP contribution in [0.2, 0.25) is 10.0 Å². The molecule has 2 N–H and O–H groups in total. The number of hydrogen-bond acceptors (Lipinski definition) is 3. The van der Waals surface area contributed by atoms with Crippen LogP contribution < -0.4 is 10.6 Å². The van der Waals surface area contributed by atoms with Crippen LogP contribution in [0.4, 0.5) is 0 Å². The van der Waals surface area contributed by atoms with Crippen molar-refractivity contribution < 1.29 is 4.79 Å². The van der Waals surface area contributed by atoms with E-state index in [4.69, 9.17) is 23.2 Å². The standard InChI is InChI=1S/C16H13Cl2N3O/c1-8-10(7-19)14(9-2-3-11(17)12(18)6-9)15-13(21-8)4-5-20-16(15)22/h2-3,6,14,21H,4-5H2,1H3,(H,20,22). The van der Waals surface area contributed by atoms with Crippen molar-refractivity contribution in [2.45, 2.75) is 19.3 Å². The minimum atomic E-state index is -0.420. The molecule has 1 unspecified atom stereocenters. The van der Waals surface area contributed by atoms with E-state index in [1.807, 2.05) is 6.92 Å². The van der Waals surface area contributed by atoms with Gasteiger partial charge in [0.05, 0.1) is 27.6 Å². The Balaban J connectivity index is 2.20. The highest BCUT2D eigenvalue weighted by Gasteiger charge is 2.36. The molecule has 22 heavy (non-hydrogen) atoms. The third-order valence-electron chi connectivity index (χ3n) is 3.95. The average Bonchev–Trinajstić information content (AvgIpc) is 2.49. The van der Waals surface area contributed by atoms with Crippen molar-refractivity contribution in [2.75, 3.05) is 6.54 Å². The minimum absolute atomic E-state index is 0.148. The van der Waals surface area contributed by atoms with E-state index in [0.717, 1.165) is 23.4 Å². The predicted octanol–water partition coefficient (Wildman–Crippen LogP) is 3.25. The van der Waals surface area contributed by atoms with Gasteiger partial charge in [-0.25, -0.2) is 0 Å². The van der Waals surface area contributed by atoms with Gasteiger partial charge in [-0.15, -0.1) is 0 Å². The molecule has 2 aliphatic heterocycles. The lowest BCUT2D eigenvalue weighted by atomic mass is 9.79. The second kappa shape index (κ2) is 5.68. The molecule has 1 atom stereocenters. The number of nitriles is 1. The molecule has 2 aliphatic rings. The summed E-state index contributed by atoms with van der Waals surface area (Å²) in [4.78, 5) is 12.3. The number of carbonyl (C=O) groups is 1. The molecule has 4 nitrogen and oxygen atoms in total. The van der Waals surface area contributed by atoms with Crippen LogP contribution in [-0.4, -0.2) is 12.5 Å². The number of allylic oxidation sites excluding steroid dienone is 2. The van der Waals surface area contributed by atoms with Crippen molar-refractivity contribution in [3.05, 3.63) is 56.3 Å². The fraction of sp³-hybridized carbons (Fsp3) is 0.250. The van der Waals surface area contributed by atoms with E-state index >= 15 is 0 Å². The summed E-state index contributed by atoms with van der Waals surface area (Å²) in [6.45, 7) is 2.44. The summed E-state index contributed by atoms with van der Waals surface area (Å²) >= 11 is 12.1. The molecule has 0 fully saturated rings. The Hall–Kier alpha value is -1.96. The van der Waals surface area contributed by atoms with Gasteiger partial charge in [0.2, 0.25) is 5.91 Å². The SMILES string of the molecule is CC1=C(C#N)C(c2ccc(Cl)c(Cl)c2)C2=C(CCNC2=O)N1. The van der Waals surface area contributed by atoms with Crippen LogP contribution in [0.25, 0.3) is 0 Å². The van der Waals surface area contributed by atoms with Crippen molar-refractivity contribution in [1.82, 2.24) is 10.6 Å². The van der Waals surface area contributed by atoms with Crippen molar-refractivity contribution in [3.63, 3.8) is 0 Å². The molecule has 112 valence electrons. The van der Waals surface area contributed by atoms with E-state index in [1.165, 1.54) is 0 Å². The van der Waals surface area contributed by atoms with Gasteiger partial charge in [0, 0.05) is 29.9 Å². The molecular weight excluding hydrogens is 321 g/mol. The maximum atomic E-state index is 12.3. The van der Waals surface area contributed by atoms with Gasteiger partial charge in [0.1, 0.15) is 0 Å². The van der Waals surface area contributed by atoms with Crippen molar-refractivity contribution in [1.29, 1.82) is 5.26 Å². The number of hydrogen-bond donors (Lipinski definition) is 2. The van der Waals surface area contributed by atoms with Gasteiger partial charge < -0.3 is 10.6 Å². The average molecular weight is 334 g/mol. The van der Waals surface area contributed by atoms with Crippen molar-refractivity contribution in [2.24, 2.45) is 0 Å².